The van der Waals surface area contributed by atoms with Gasteiger partial charge in [-0.1, -0.05) is 0 Å². The predicted molar refractivity (Wildman–Crippen MR) is 65.8 cm³/mol. The zero-order valence-electron chi connectivity index (χ0n) is 10.5. The number of phenolic OH excluding ortho intramolecular Hbond substituents is 1. The predicted octanol–water partition coefficient (Wildman–Crippen LogP) is 0.834. The molecule has 1 aromatic carbocycles. The number of likely N-dealkylation sites (tertiary alicyclic amines) is 1. The van der Waals surface area contributed by atoms with Gasteiger partial charge in [0.2, 0.25) is 5.91 Å². The van der Waals surface area contributed by atoms with E-state index in [-0.39, 0.29) is 31.2 Å². The maximum absolute atomic E-state index is 11.7. The van der Waals surface area contributed by atoms with Crippen LogP contribution in [0.3, 0.4) is 0 Å². The van der Waals surface area contributed by atoms with Crippen molar-refractivity contribution in [2.45, 2.75) is 13.0 Å². The fourth-order valence-electron chi connectivity index (χ4n) is 2.10. The molecule has 2 rings (SSSR count). The molecule has 1 aliphatic rings. The van der Waals surface area contributed by atoms with Gasteiger partial charge in [-0.2, -0.15) is 0 Å². The van der Waals surface area contributed by atoms with E-state index in [2.05, 4.69) is 0 Å². The van der Waals surface area contributed by atoms with Crippen LogP contribution in [0.25, 0.3) is 0 Å². The van der Waals surface area contributed by atoms with Gasteiger partial charge in [-0.15, -0.1) is 0 Å². The largest absolute Gasteiger partial charge is 0.507 e. The molecular weight excluding hydrogens is 250 g/mol. The van der Waals surface area contributed by atoms with Gasteiger partial charge in [-0.3, -0.25) is 9.59 Å². The molecule has 6 nitrogen and oxygen atoms in total. The lowest BCUT2D eigenvalue weighted by Crippen LogP contribution is -2.25. The molecule has 6 heteroatoms. The van der Waals surface area contributed by atoms with Crippen molar-refractivity contribution in [1.29, 1.82) is 0 Å². The van der Waals surface area contributed by atoms with Crippen LogP contribution in [0.5, 0.6) is 11.5 Å². The van der Waals surface area contributed by atoms with Gasteiger partial charge in [-0.25, -0.2) is 0 Å². The third-order valence-corrected chi connectivity index (χ3v) is 3.22. The number of carbonyl (C=O) groups is 2. The molecule has 0 aliphatic carbocycles. The number of ether oxygens (including phenoxy) is 1. The summed E-state index contributed by atoms with van der Waals surface area (Å²) >= 11 is 0. The van der Waals surface area contributed by atoms with Crippen LogP contribution >= 0.6 is 0 Å². The summed E-state index contributed by atoms with van der Waals surface area (Å²) in [6.45, 7) is 0.387. The van der Waals surface area contributed by atoms with Crippen molar-refractivity contribution in [3.05, 3.63) is 23.8 Å². The Labute approximate surface area is 110 Å². The van der Waals surface area contributed by atoms with Crippen molar-refractivity contribution in [3.63, 3.8) is 0 Å². The molecule has 2 N–H and O–H groups in total. The monoisotopic (exact) mass is 265 g/mol. The number of hydrogen-bond acceptors (Lipinski definition) is 4. The molecule has 0 radical (unpaired) electrons. The number of benzene rings is 1. The van der Waals surface area contributed by atoms with Gasteiger partial charge in [-0.05, 0) is 12.1 Å². The van der Waals surface area contributed by atoms with Gasteiger partial charge in [0.25, 0.3) is 0 Å². The number of aliphatic carboxylic acids is 1. The van der Waals surface area contributed by atoms with Crippen LogP contribution in [0.1, 0.15) is 12.0 Å². The Morgan fingerprint density at radius 1 is 1.53 bits per heavy atom. The van der Waals surface area contributed by atoms with E-state index >= 15 is 0 Å². The first-order chi connectivity index (χ1) is 9.01. The van der Waals surface area contributed by atoms with E-state index in [9.17, 15) is 14.7 Å². The van der Waals surface area contributed by atoms with E-state index in [0.29, 0.717) is 11.3 Å². The number of carbonyl (C=O) groups excluding carboxylic acids is 1. The quantitative estimate of drug-likeness (QED) is 0.842. The zero-order valence-corrected chi connectivity index (χ0v) is 10.5. The zero-order chi connectivity index (χ0) is 14.0. The highest BCUT2D eigenvalue weighted by Gasteiger charge is 2.34. The molecule has 0 bridgehead atoms. The number of carboxylic acids is 1. The number of methoxy groups -OCH3 is 1. The molecular formula is C13H15NO5. The van der Waals surface area contributed by atoms with Gasteiger partial charge in [0.15, 0.2) is 0 Å². The number of rotatable bonds is 4. The fourth-order valence-corrected chi connectivity index (χ4v) is 2.10. The third-order valence-electron chi connectivity index (χ3n) is 3.22. The maximum Gasteiger partial charge on any atom is 0.308 e. The average molecular weight is 265 g/mol. The lowest BCUT2D eigenvalue weighted by molar-refractivity contribution is -0.141. The van der Waals surface area contributed by atoms with Crippen molar-refractivity contribution in [2.75, 3.05) is 13.7 Å². The van der Waals surface area contributed by atoms with E-state index in [1.165, 1.54) is 18.1 Å². The Balaban J connectivity index is 2.09. The molecule has 1 unspecified atom stereocenters. The first-order valence-corrected chi connectivity index (χ1v) is 5.87. The van der Waals surface area contributed by atoms with Crippen LogP contribution in [-0.4, -0.2) is 40.6 Å². The normalized spacial score (nSPS) is 18.7. The summed E-state index contributed by atoms with van der Waals surface area (Å²) in [5.41, 5.74) is 0.570. The SMILES string of the molecule is COc1ccc(CN2CC(C(=O)O)CC2=O)c(O)c1. The van der Waals surface area contributed by atoms with Gasteiger partial charge in [0.1, 0.15) is 11.5 Å². The molecule has 102 valence electrons. The minimum atomic E-state index is -0.963. The smallest absolute Gasteiger partial charge is 0.308 e. The minimum Gasteiger partial charge on any atom is -0.507 e. The third kappa shape index (κ3) is 2.78. The Kier molecular flexibility index (Phi) is 3.59. The second-order valence-electron chi connectivity index (χ2n) is 4.51. The van der Waals surface area contributed by atoms with E-state index in [1.54, 1.807) is 12.1 Å². The number of nitrogens with zero attached hydrogens (tertiary/aromatic N) is 1. The Hall–Kier alpha value is -2.24. The number of phenols is 1. The van der Waals surface area contributed by atoms with Gasteiger partial charge < -0.3 is 19.8 Å². The molecule has 1 aliphatic heterocycles. The standard InChI is InChI=1S/C13H15NO5/c1-19-10-3-2-8(11(15)5-10)6-14-7-9(13(17)18)4-12(14)16/h2-3,5,9,15H,4,6-7H2,1H3,(H,17,18). The summed E-state index contributed by atoms with van der Waals surface area (Å²) < 4.78 is 4.97. The van der Waals surface area contributed by atoms with E-state index in [4.69, 9.17) is 9.84 Å². The Morgan fingerprint density at radius 3 is 2.79 bits per heavy atom. The van der Waals surface area contributed by atoms with Crippen LogP contribution in [0.15, 0.2) is 18.2 Å². The number of carboxylic acid groups (broad SMARTS) is 1. The summed E-state index contributed by atoms with van der Waals surface area (Å²) in [6.07, 6.45) is 0.0201. The van der Waals surface area contributed by atoms with Crippen LogP contribution in [0.2, 0.25) is 0 Å². The number of amides is 1. The maximum atomic E-state index is 11.7. The lowest BCUT2D eigenvalue weighted by Gasteiger charge is -2.17. The highest BCUT2D eigenvalue weighted by molar-refractivity contribution is 5.86. The first kappa shape index (κ1) is 13.2. The number of aromatic hydroxyl groups is 1. The van der Waals surface area contributed by atoms with E-state index < -0.39 is 11.9 Å². The average Bonchev–Trinajstić information content (AvgIpc) is 2.73. The molecule has 1 saturated heterocycles. The summed E-state index contributed by atoms with van der Waals surface area (Å²) in [5, 5.41) is 18.7. The van der Waals surface area contributed by atoms with Crippen LogP contribution < -0.4 is 4.74 Å². The molecule has 1 atom stereocenters. The minimum absolute atomic E-state index is 0.0201. The Morgan fingerprint density at radius 2 is 2.26 bits per heavy atom. The summed E-state index contributed by atoms with van der Waals surface area (Å²) in [4.78, 5) is 24.0. The van der Waals surface area contributed by atoms with Gasteiger partial charge in [0, 0.05) is 31.1 Å². The van der Waals surface area contributed by atoms with Crippen molar-refractivity contribution in [2.24, 2.45) is 5.92 Å². The number of hydrogen-bond donors (Lipinski definition) is 2. The first-order valence-electron chi connectivity index (χ1n) is 5.87. The molecule has 1 fully saturated rings. The molecule has 19 heavy (non-hydrogen) atoms. The summed E-state index contributed by atoms with van der Waals surface area (Å²) in [5.74, 6) is -1.27. The highest BCUT2D eigenvalue weighted by Crippen LogP contribution is 2.27. The molecule has 1 aromatic rings. The second-order valence-corrected chi connectivity index (χ2v) is 4.51. The van der Waals surface area contributed by atoms with Crippen LogP contribution in [0.4, 0.5) is 0 Å². The van der Waals surface area contributed by atoms with E-state index in [1.807, 2.05) is 0 Å². The summed E-state index contributed by atoms with van der Waals surface area (Å²) in [7, 11) is 1.50. The highest BCUT2D eigenvalue weighted by atomic mass is 16.5. The van der Waals surface area contributed by atoms with Crippen LogP contribution in [0, 0.1) is 5.92 Å². The molecule has 1 heterocycles. The van der Waals surface area contributed by atoms with Crippen molar-refractivity contribution in [3.8, 4) is 11.5 Å². The molecule has 0 spiro atoms. The van der Waals surface area contributed by atoms with Crippen molar-refractivity contribution in [1.82, 2.24) is 4.90 Å². The molecule has 1 amide bonds. The van der Waals surface area contributed by atoms with E-state index in [0.717, 1.165) is 0 Å². The van der Waals surface area contributed by atoms with Crippen molar-refractivity contribution >= 4 is 11.9 Å². The van der Waals surface area contributed by atoms with Gasteiger partial charge >= 0.3 is 5.97 Å². The second kappa shape index (κ2) is 5.17. The lowest BCUT2D eigenvalue weighted by atomic mass is 10.1. The topological polar surface area (TPSA) is 87.1 Å². The summed E-state index contributed by atoms with van der Waals surface area (Å²) in [6, 6.07) is 4.81. The van der Waals surface area contributed by atoms with Crippen molar-refractivity contribution < 1.29 is 24.5 Å². The Bertz CT molecular complexity index is 514. The van der Waals surface area contributed by atoms with Crippen LogP contribution in [-0.2, 0) is 16.1 Å². The fraction of sp³-hybridized carbons (Fsp3) is 0.385. The molecule has 0 saturated carbocycles. The van der Waals surface area contributed by atoms with Gasteiger partial charge in [0.05, 0.1) is 13.0 Å². The molecule has 0 aromatic heterocycles.